The molecule has 0 aliphatic carbocycles. The van der Waals surface area contributed by atoms with Crippen molar-refractivity contribution in [2.75, 3.05) is 9.80 Å². The van der Waals surface area contributed by atoms with Crippen molar-refractivity contribution < 1.29 is 0 Å². The van der Waals surface area contributed by atoms with Gasteiger partial charge in [-0.05, 0) is 84.2 Å². The third-order valence-corrected chi connectivity index (χ3v) is 11.8. The van der Waals surface area contributed by atoms with Gasteiger partial charge in [-0.15, -0.1) is 22.7 Å². The molecule has 50 heavy (non-hydrogen) atoms. The summed E-state index contributed by atoms with van der Waals surface area (Å²) in [5, 5.41) is 7.82. The molecule has 0 saturated carbocycles. The third kappa shape index (κ3) is 4.76. The predicted molar refractivity (Wildman–Crippen MR) is 219 cm³/mol. The maximum absolute atomic E-state index is 2.44. The number of benzene rings is 8. The molecule has 2 nitrogen and oxygen atoms in total. The average Bonchev–Trinajstić information content (AvgIpc) is 3.72. The molecule has 8 aromatic carbocycles. The number of fused-ring (bicyclic) bond motifs is 8. The molecule has 10 aromatic rings. The summed E-state index contributed by atoms with van der Waals surface area (Å²) in [6.07, 6.45) is 0. The Balaban J connectivity index is 1.16. The van der Waals surface area contributed by atoms with Crippen LogP contribution in [0.3, 0.4) is 0 Å². The van der Waals surface area contributed by atoms with E-state index in [2.05, 4.69) is 192 Å². The molecule has 0 atom stereocenters. The van der Waals surface area contributed by atoms with Crippen LogP contribution in [0.25, 0.3) is 51.1 Å². The van der Waals surface area contributed by atoms with Crippen molar-refractivity contribution in [3.8, 4) is 0 Å². The Morgan fingerprint density at radius 1 is 0.280 bits per heavy atom. The van der Waals surface area contributed by atoms with E-state index >= 15 is 0 Å². The summed E-state index contributed by atoms with van der Waals surface area (Å²) in [6.45, 7) is 0. The van der Waals surface area contributed by atoms with E-state index in [9.17, 15) is 0 Å². The summed E-state index contributed by atoms with van der Waals surface area (Å²) in [5.74, 6) is 0. The van der Waals surface area contributed by atoms with Crippen LogP contribution >= 0.6 is 22.7 Å². The van der Waals surface area contributed by atoms with Crippen molar-refractivity contribution in [2.24, 2.45) is 0 Å². The quantitative estimate of drug-likeness (QED) is 0.173. The minimum atomic E-state index is 1.15. The van der Waals surface area contributed by atoms with Crippen LogP contribution < -0.4 is 9.80 Å². The Hall–Kier alpha value is -5.94. The Labute approximate surface area is 298 Å². The lowest BCUT2D eigenvalue weighted by molar-refractivity contribution is 1.29. The van der Waals surface area contributed by atoms with Crippen molar-refractivity contribution >= 4 is 108 Å². The van der Waals surface area contributed by atoms with Crippen molar-refractivity contribution in [1.82, 2.24) is 0 Å². The molecule has 0 spiro atoms. The van der Waals surface area contributed by atoms with E-state index in [0.29, 0.717) is 0 Å². The highest BCUT2D eigenvalue weighted by Crippen LogP contribution is 2.49. The minimum absolute atomic E-state index is 1.15. The molecule has 4 heteroatoms. The summed E-state index contributed by atoms with van der Waals surface area (Å²) in [5.41, 5.74) is 6.94. The summed E-state index contributed by atoms with van der Waals surface area (Å²) in [4.78, 5) is 4.73. The van der Waals surface area contributed by atoms with Crippen molar-refractivity contribution in [1.29, 1.82) is 0 Å². The fourth-order valence-corrected chi connectivity index (χ4v) is 9.72. The number of anilines is 6. The van der Waals surface area contributed by atoms with E-state index < -0.39 is 0 Å². The second-order valence-electron chi connectivity index (χ2n) is 12.6. The van der Waals surface area contributed by atoms with E-state index in [1.807, 2.05) is 22.7 Å². The summed E-state index contributed by atoms with van der Waals surface area (Å²) >= 11 is 3.79. The lowest BCUT2D eigenvalue weighted by Gasteiger charge is -2.27. The summed E-state index contributed by atoms with van der Waals surface area (Å²) in [7, 11) is 0. The van der Waals surface area contributed by atoms with Gasteiger partial charge in [0.05, 0.1) is 5.69 Å². The molecule has 0 radical (unpaired) electrons. The second kappa shape index (κ2) is 11.9. The smallest absolute Gasteiger partial charge is 0.0554 e. The minimum Gasteiger partial charge on any atom is -0.310 e. The molecular formula is C46H30N2S2. The van der Waals surface area contributed by atoms with Gasteiger partial charge in [0.15, 0.2) is 0 Å². The van der Waals surface area contributed by atoms with Crippen molar-refractivity contribution in [3.05, 3.63) is 182 Å². The van der Waals surface area contributed by atoms with E-state index in [0.717, 1.165) is 28.4 Å². The van der Waals surface area contributed by atoms with Gasteiger partial charge in [0.1, 0.15) is 0 Å². The lowest BCUT2D eigenvalue weighted by atomic mass is 10.0. The molecule has 0 amide bonds. The number of rotatable bonds is 6. The maximum atomic E-state index is 2.44. The Kier molecular flexibility index (Phi) is 6.90. The van der Waals surface area contributed by atoms with Crippen LogP contribution in [0.4, 0.5) is 34.1 Å². The number of hydrogen-bond donors (Lipinski definition) is 0. The zero-order valence-corrected chi connectivity index (χ0v) is 28.7. The maximum Gasteiger partial charge on any atom is 0.0554 e. The molecule has 0 aliphatic heterocycles. The van der Waals surface area contributed by atoms with Gasteiger partial charge in [-0.25, -0.2) is 0 Å². The van der Waals surface area contributed by atoms with Crippen molar-refractivity contribution in [2.45, 2.75) is 0 Å². The molecule has 0 aliphatic rings. The lowest BCUT2D eigenvalue weighted by Crippen LogP contribution is -2.10. The van der Waals surface area contributed by atoms with Gasteiger partial charge >= 0.3 is 0 Å². The molecule has 0 N–H and O–H groups in total. The van der Waals surface area contributed by atoms with Crippen LogP contribution in [0.1, 0.15) is 0 Å². The average molecular weight is 675 g/mol. The van der Waals surface area contributed by atoms with Crippen LogP contribution in [-0.2, 0) is 0 Å². The van der Waals surface area contributed by atoms with Crippen LogP contribution in [0.2, 0.25) is 0 Å². The van der Waals surface area contributed by atoms with Crippen molar-refractivity contribution in [3.63, 3.8) is 0 Å². The van der Waals surface area contributed by atoms with Crippen LogP contribution in [0.5, 0.6) is 0 Å². The van der Waals surface area contributed by atoms with Crippen LogP contribution in [0, 0.1) is 0 Å². The number of hydrogen-bond acceptors (Lipinski definition) is 4. The fourth-order valence-electron chi connectivity index (χ4n) is 7.39. The largest absolute Gasteiger partial charge is 0.310 e. The number of nitrogens with zero attached hydrogens (tertiary/aromatic N) is 2. The standard InChI is InChI=1S/C46H30N2S2/c1-5-15-31(16-6-1)47(32-17-7-2-8-18-32)35-25-26-37-39-28-44-40(29-43(39)49-42(37)27-35)46-38-24-14-13-23-36(38)41(30-45(46)50-44)48(33-19-9-3-10-20-33)34-21-11-4-12-22-34/h1-30H. The molecule has 10 rings (SSSR count). The van der Waals surface area contributed by atoms with Gasteiger partial charge in [0.25, 0.3) is 0 Å². The van der Waals surface area contributed by atoms with Gasteiger partial charge in [0, 0.05) is 74.2 Å². The predicted octanol–water partition coefficient (Wildman–Crippen LogP) is 14.5. The van der Waals surface area contributed by atoms with E-state index in [1.54, 1.807) is 0 Å². The van der Waals surface area contributed by atoms with E-state index in [4.69, 9.17) is 0 Å². The molecule has 0 unspecified atom stereocenters. The first-order valence-corrected chi connectivity index (χ1v) is 18.5. The zero-order valence-electron chi connectivity index (χ0n) is 27.0. The molecule has 2 heterocycles. The number of para-hydroxylation sites is 4. The molecule has 0 bridgehead atoms. The van der Waals surface area contributed by atoms with Gasteiger partial charge in [0.2, 0.25) is 0 Å². The molecule has 0 saturated heterocycles. The Bertz CT molecular complexity index is 2730. The first-order chi connectivity index (χ1) is 24.8. The van der Waals surface area contributed by atoms with Gasteiger partial charge in [-0.1, -0.05) is 103 Å². The van der Waals surface area contributed by atoms with Crippen LogP contribution in [0.15, 0.2) is 182 Å². The second-order valence-corrected chi connectivity index (χ2v) is 14.7. The summed E-state index contributed by atoms with van der Waals surface area (Å²) < 4.78 is 5.24. The summed E-state index contributed by atoms with van der Waals surface area (Å²) in [6, 6.07) is 65.8. The Morgan fingerprint density at radius 2 is 0.740 bits per heavy atom. The third-order valence-electron chi connectivity index (χ3n) is 9.59. The van der Waals surface area contributed by atoms with E-state index in [1.165, 1.54) is 56.8 Å². The molecule has 0 fully saturated rings. The topological polar surface area (TPSA) is 6.48 Å². The molecule has 236 valence electrons. The van der Waals surface area contributed by atoms with E-state index in [-0.39, 0.29) is 0 Å². The normalized spacial score (nSPS) is 11.6. The SMILES string of the molecule is c1ccc(N(c2ccccc2)c2ccc3c(c2)sc2cc4c(cc23)sc2cc(N(c3ccccc3)c3ccccc3)c3ccccc3c24)cc1. The molecule has 2 aromatic heterocycles. The Morgan fingerprint density at radius 3 is 1.34 bits per heavy atom. The zero-order chi connectivity index (χ0) is 33.0. The molecular weight excluding hydrogens is 645 g/mol. The highest BCUT2D eigenvalue weighted by molar-refractivity contribution is 7.27. The van der Waals surface area contributed by atoms with Gasteiger partial charge < -0.3 is 9.80 Å². The van der Waals surface area contributed by atoms with Gasteiger partial charge in [-0.2, -0.15) is 0 Å². The first kappa shape index (κ1) is 29.0. The van der Waals surface area contributed by atoms with Crippen LogP contribution in [-0.4, -0.2) is 0 Å². The fraction of sp³-hybridized carbons (Fsp3) is 0. The first-order valence-electron chi connectivity index (χ1n) is 16.8. The highest BCUT2D eigenvalue weighted by atomic mass is 32.1. The highest BCUT2D eigenvalue weighted by Gasteiger charge is 2.20. The van der Waals surface area contributed by atoms with Gasteiger partial charge in [-0.3, -0.25) is 0 Å². The number of thiophene rings is 2. The monoisotopic (exact) mass is 674 g/mol.